The van der Waals surface area contributed by atoms with Gasteiger partial charge < -0.3 is 14.2 Å². The molecule has 6 rings (SSSR count). The highest BCUT2D eigenvalue weighted by Crippen LogP contribution is 2.30. The Morgan fingerprint density at radius 1 is 1.18 bits per heavy atom. The minimum Gasteiger partial charge on any atom is -0.442 e. The number of rotatable bonds is 10. The summed E-state index contributed by atoms with van der Waals surface area (Å²) in [6, 6.07) is 8.28. The number of pyridine rings is 1. The topological polar surface area (TPSA) is 116 Å². The monoisotopic (exact) mass is 551 g/mol. The molecule has 2 aromatic heterocycles. The Bertz CT molecular complexity index is 1330. The molecule has 13 heteroatoms. The summed E-state index contributed by atoms with van der Waals surface area (Å²) in [5.74, 6) is -0.463. The van der Waals surface area contributed by atoms with Gasteiger partial charge in [-0.25, -0.2) is 13.9 Å². The van der Waals surface area contributed by atoms with Gasteiger partial charge in [0.1, 0.15) is 18.0 Å². The molecule has 3 aliphatic rings. The maximum Gasteiger partial charge on any atom is 0.414 e. The molecular formula is C27H30FN7O5. The van der Waals surface area contributed by atoms with Gasteiger partial charge >= 0.3 is 6.09 Å². The Hall–Kier alpha value is -3.91. The zero-order chi connectivity index (χ0) is 27.3. The summed E-state index contributed by atoms with van der Waals surface area (Å²) in [7, 11) is 0. The SMILES string of the molecule is O=C1O[C@H](Cn2ccnn2)CN1c1ccc(-c2ccc(C3=C[C@@H](COCCN4CCOCC4)ON3)nc2)c(F)c1. The van der Waals surface area contributed by atoms with Crippen LogP contribution in [-0.4, -0.2) is 95.8 Å². The number of morpholine rings is 1. The maximum atomic E-state index is 15.1. The second-order valence-corrected chi connectivity index (χ2v) is 9.71. The van der Waals surface area contributed by atoms with Crippen molar-refractivity contribution >= 4 is 17.5 Å². The number of hydrogen-bond donors (Lipinski definition) is 1. The summed E-state index contributed by atoms with van der Waals surface area (Å²) in [4.78, 5) is 26.2. The summed E-state index contributed by atoms with van der Waals surface area (Å²) in [6.45, 7) is 6.00. The predicted molar refractivity (Wildman–Crippen MR) is 141 cm³/mol. The van der Waals surface area contributed by atoms with E-state index in [0.717, 1.165) is 38.5 Å². The molecule has 210 valence electrons. The number of aromatic nitrogens is 4. The number of cyclic esters (lactones) is 1. The fourth-order valence-electron chi connectivity index (χ4n) is 4.82. The number of halogens is 1. The van der Waals surface area contributed by atoms with Gasteiger partial charge in [0, 0.05) is 43.2 Å². The van der Waals surface area contributed by atoms with Gasteiger partial charge in [-0.1, -0.05) is 11.3 Å². The number of nitrogens with one attached hydrogen (secondary N) is 1. The van der Waals surface area contributed by atoms with Gasteiger partial charge in [0.25, 0.3) is 0 Å². The average Bonchev–Trinajstić information content (AvgIpc) is 3.74. The van der Waals surface area contributed by atoms with E-state index in [9.17, 15) is 4.79 Å². The first-order valence-electron chi connectivity index (χ1n) is 13.2. The van der Waals surface area contributed by atoms with E-state index in [4.69, 9.17) is 19.0 Å². The van der Waals surface area contributed by atoms with Crippen molar-refractivity contribution in [2.24, 2.45) is 0 Å². The van der Waals surface area contributed by atoms with Crippen molar-refractivity contribution < 1.29 is 28.2 Å². The summed E-state index contributed by atoms with van der Waals surface area (Å²) < 4.78 is 33.3. The normalized spacial score (nSPS) is 21.4. The van der Waals surface area contributed by atoms with Gasteiger partial charge in [-0.3, -0.25) is 25.1 Å². The largest absolute Gasteiger partial charge is 0.442 e. The van der Waals surface area contributed by atoms with Crippen molar-refractivity contribution in [3.63, 3.8) is 0 Å². The Morgan fingerprint density at radius 3 is 2.85 bits per heavy atom. The molecular weight excluding hydrogens is 521 g/mol. The van der Waals surface area contributed by atoms with Crippen molar-refractivity contribution in [2.45, 2.75) is 18.8 Å². The summed E-state index contributed by atoms with van der Waals surface area (Å²) >= 11 is 0. The van der Waals surface area contributed by atoms with Crippen LogP contribution in [0.4, 0.5) is 14.9 Å². The molecule has 2 atom stereocenters. The second kappa shape index (κ2) is 12.1. The zero-order valence-corrected chi connectivity index (χ0v) is 21.8. The molecule has 5 heterocycles. The molecule has 2 fully saturated rings. The number of benzene rings is 1. The van der Waals surface area contributed by atoms with Gasteiger partial charge in [0.2, 0.25) is 0 Å². The lowest BCUT2D eigenvalue weighted by atomic mass is 10.1. The van der Waals surface area contributed by atoms with Crippen molar-refractivity contribution in [1.82, 2.24) is 30.4 Å². The number of hydrogen-bond acceptors (Lipinski definition) is 10. The Kier molecular flexibility index (Phi) is 7.95. The van der Waals surface area contributed by atoms with Crippen molar-refractivity contribution in [3.05, 3.63) is 66.5 Å². The van der Waals surface area contributed by atoms with Crippen molar-refractivity contribution in [1.29, 1.82) is 0 Å². The maximum absolute atomic E-state index is 15.1. The molecule has 0 aliphatic carbocycles. The quantitative estimate of drug-likeness (QED) is 0.376. The highest BCUT2D eigenvalue weighted by atomic mass is 19.1. The lowest BCUT2D eigenvalue weighted by Gasteiger charge is -2.26. The van der Waals surface area contributed by atoms with Crippen LogP contribution >= 0.6 is 0 Å². The number of nitrogens with zero attached hydrogens (tertiary/aromatic N) is 6. The smallest absolute Gasteiger partial charge is 0.414 e. The van der Waals surface area contributed by atoms with Crippen LogP contribution < -0.4 is 10.4 Å². The lowest BCUT2D eigenvalue weighted by molar-refractivity contribution is -0.0222. The molecule has 40 heavy (non-hydrogen) atoms. The first-order chi connectivity index (χ1) is 19.6. The van der Waals surface area contributed by atoms with E-state index in [1.165, 1.54) is 11.0 Å². The molecule has 0 unspecified atom stereocenters. The standard InChI is InChI=1S/C27H30FN7O5/c28-24-13-20(35-17-22(39-27(35)36)16-34-6-5-30-32-34)2-3-23(24)19-1-4-25(29-15-19)26-14-21(40-31-26)18-38-12-9-33-7-10-37-11-8-33/h1-6,13-15,21-22,31H,7-12,16-18H2/t21-,22+/m0/s1. The molecule has 3 aromatic rings. The molecule has 2 saturated heterocycles. The number of hydroxylamine groups is 1. The number of carbonyl (C=O) groups excluding carboxylic acids is 1. The van der Waals surface area contributed by atoms with E-state index in [-0.39, 0.29) is 12.6 Å². The second-order valence-electron chi connectivity index (χ2n) is 9.71. The van der Waals surface area contributed by atoms with Gasteiger partial charge in [-0.05, 0) is 30.3 Å². The van der Waals surface area contributed by atoms with Gasteiger partial charge in [-0.2, -0.15) is 0 Å². The van der Waals surface area contributed by atoms with Crippen LogP contribution in [0.15, 0.2) is 55.0 Å². The Balaban J connectivity index is 1.03. The number of ether oxygens (including phenoxy) is 3. The predicted octanol–water partition coefficient (Wildman–Crippen LogP) is 2.10. The fraction of sp³-hybridized carbons (Fsp3) is 0.407. The van der Waals surface area contributed by atoms with Gasteiger partial charge in [-0.15, -0.1) is 5.10 Å². The Morgan fingerprint density at radius 2 is 2.08 bits per heavy atom. The van der Waals surface area contributed by atoms with Gasteiger partial charge in [0.05, 0.1) is 62.8 Å². The summed E-state index contributed by atoms with van der Waals surface area (Å²) in [5, 5.41) is 7.64. The molecule has 0 radical (unpaired) electrons. The van der Waals surface area contributed by atoms with Crippen LogP contribution in [0, 0.1) is 5.82 Å². The fourth-order valence-corrected chi connectivity index (χ4v) is 4.82. The molecule has 0 bridgehead atoms. The third kappa shape index (κ3) is 6.12. The highest BCUT2D eigenvalue weighted by Gasteiger charge is 2.33. The summed E-state index contributed by atoms with van der Waals surface area (Å²) in [5.41, 5.74) is 5.73. The van der Waals surface area contributed by atoms with E-state index in [2.05, 4.69) is 25.7 Å². The summed E-state index contributed by atoms with van der Waals surface area (Å²) in [6.07, 6.45) is 5.64. The lowest BCUT2D eigenvalue weighted by Crippen LogP contribution is -2.38. The van der Waals surface area contributed by atoms with E-state index >= 15 is 4.39 Å². The average molecular weight is 552 g/mol. The van der Waals surface area contributed by atoms with E-state index in [0.29, 0.717) is 42.3 Å². The van der Waals surface area contributed by atoms with Crippen LogP contribution in [0.25, 0.3) is 16.8 Å². The van der Waals surface area contributed by atoms with Crippen LogP contribution in [0.5, 0.6) is 0 Å². The highest BCUT2D eigenvalue weighted by molar-refractivity contribution is 5.90. The van der Waals surface area contributed by atoms with E-state index in [1.54, 1.807) is 47.5 Å². The molecule has 0 saturated carbocycles. The molecule has 12 nitrogen and oxygen atoms in total. The van der Waals surface area contributed by atoms with Crippen LogP contribution in [0.3, 0.4) is 0 Å². The Labute approximate surface area is 230 Å². The van der Waals surface area contributed by atoms with Crippen molar-refractivity contribution in [2.75, 3.05) is 57.5 Å². The molecule has 0 spiro atoms. The van der Waals surface area contributed by atoms with E-state index < -0.39 is 18.0 Å². The number of anilines is 1. The molecule has 1 amide bonds. The molecule has 3 aliphatic heterocycles. The first kappa shape index (κ1) is 26.3. The van der Waals surface area contributed by atoms with E-state index in [1.807, 2.05) is 6.08 Å². The minimum absolute atomic E-state index is 0.223. The number of amides is 1. The first-order valence-corrected chi connectivity index (χ1v) is 13.2. The van der Waals surface area contributed by atoms with Crippen molar-refractivity contribution in [3.8, 4) is 11.1 Å². The van der Waals surface area contributed by atoms with Crippen LogP contribution in [-0.2, 0) is 25.6 Å². The third-order valence-electron chi connectivity index (χ3n) is 6.96. The van der Waals surface area contributed by atoms with Crippen LogP contribution in [0.1, 0.15) is 5.69 Å². The van der Waals surface area contributed by atoms with Gasteiger partial charge in [0.15, 0.2) is 0 Å². The third-order valence-corrected chi connectivity index (χ3v) is 6.96. The minimum atomic E-state index is -0.524. The number of carbonyl (C=O) groups is 1. The molecule has 1 aromatic carbocycles. The van der Waals surface area contributed by atoms with Crippen LogP contribution in [0.2, 0.25) is 0 Å². The molecule has 1 N–H and O–H groups in total. The zero-order valence-electron chi connectivity index (χ0n) is 21.8.